The summed E-state index contributed by atoms with van der Waals surface area (Å²) in [6.07, 6.45) is 1.04. The van der Waals surface area contributed by atoms with Crippen LogP contribution in [0.25, 0.3) is 0 Å². The molecule has 0 radical (unpaired) electrons. The van der Waals surface area contributed by atoms with Crippen LogP contribution < -0.4 is 15.4 Å². The molecule has 0 unspecified atom stereocenters. The van der Waals surface area contributed by atoms with Crippen LogP contribution in [0, 0.1) is 13.8 Å². The van der Waals surface area contributed by atoms with Crippen molar-refractivity contribution in [3.63, 3.8) is 0 Å². The van der Waals surface area contributed by atoms with E-state index >= 15 is 0 Å². The van der Waals surface area contributed by atoms with Gasteiger partial charge < -0.3 is 15.4 Å². The van der Waals surface area contributed by atoms with Crippen molar-refractivity contribution in [2.75, 3.05) is 11.9 Å². The van der Waals surface area contributed by atoms with Gasteiger partial charge in [-0.05, 0) is 80.4 Å². The molecule has 3 nitrogen and oxygen atoms in total. The highest BCUT2D eigenvalue weighted by molar-refractivity contribution is 7.80. The Morgan fingerprint density at radius 1 is 1.08 bits per heavy atom. The van der Waals surface area contributed by atoms with Gasteiger partial charge >= 0.3 is 0 Å². The fourth-order valence-corrected chi connectivity index (χ4v) is 2.60. The first-order valence-electron chi connectivity index (χ1n) is 8.34. The molecule has 0 amide bonds. The van der Waals surface area contributed by atoms with E-state index in [0.29, 0.717) is 11.7 Å². The molecule has 0 spiro atoms. The zero-order chi connectivity index (χ0) is 17.5. The second-order valence-corrected chi connectivity index (χ2v) is 6.52. The molecule has 0 saturated heterocycles. The highest BCUT2D eigenvalue weighted by atomic mass is 32.1. The van der Waals surface area contributed by atoms with E-state index in [2.05, 4.69) is 62.6 Å². The molecule has 0 aliphatic carbocycles. The number of ether oxygens (including phenoxy) is 1. The summed E-state index contributed by atoms with van der Waals surface area (Å²) in [5, 5.41) is 7.06. The molecule has 0 saturated carbocycles. The number of benzene rings is 2. The maximum atomic E-state index is 5.84. The Hall–Kier alpha value is -2.07. The lowest BCUT2D eigenvalue weighted by Gasteiger charge is -2.18. The molecule has 24 heavy (non-hydrogen) atoms. The van der Waals surface area contributed by atoms with Crippen LogP contribution >= 0.6 is 12.2 Å². The van der Waals surface area contributed by atoms with Gasteiger partial charge in [0.05, 0.1) is 6.04 Å². The van der Waals surface area contributed by atoms with Gasteiger partial charge in [0, 0.05) is 5.69 Å². The molecule has 2 aromatic rings. The average molecular weight is 343 g/mol. The molecule has 0 fully saturated rings. The van der Waals surface area contributed by atoms with Crippen molar-refractivity contribution in [3.05, 3.63) is 59.2 Å². The minimum atomic E-state index is 0.113. The monoisotopic (exact) mass is 342 g/mol. The molecule has 4 heteroatoms. The predicted molar refractivity (Wildman–Crippen MR) is 106 cm³/mol. The summed E-state index contributed by atoms with van der Waals surface area (Å²) in [5.41, 5.74) is 4.82. The lowest BCUT2D eigenvalue weighted by atomic mass is 10.1. The van der Waals surface area contributed by atoms with Crippen molar-refractivity contribution in [2.24, 2.45) is 0 Å². The van der Waals surface area contributed by atoms with Crippen LogP contribution in [0.1, 0.15) is 30.5 Å². The first-order chi connectivity index (χ1) is 11.5. The van der Waals surface area contributed by atoms with Crippen molar-refractivity contribution >= 4 is 23.0 Å². The van der Waals surface area contributed by atoms with Crippen LogP contribution in [0.3, 0.4) is 0 Å². The van der Waals surface area contributed by atoms with Gasteiger partial charge in [-0.15, -0.1) is 0 Å². The van der Waals surface area contributed by atoms with E-state index in [1.807, 2.05) is 18.2 Å². The topological polar surface area (TPSA) is 33.3 Å². The minimum Gasteiger partial charge on any atom is -0.491 e. The number of hydrogen-bond donors (Lipinski definition) is 2. The lowest BCUT2D eigenvalue weighted by molar-refractivity contribution is 0.287. The van der Waals surface area contributed by atoms with E-state index in [1.165, 1.54) is 16.7 Å². The summed E-state index contributed by atoms with van der Waals surface area (Å²) in [6.45, 7) is 8.94. The van der Waals surface area contributed by atoms with Crippen LogP contribution in [0.5, 0.6) is 5.75 Å². The summed E-state index contributed by atoms with van der Waals surface area (Å²) in [5.74, 6) is 0.890. The zero-order valence-electron chi connectivity index (χ0n) is 14.8. The summed E-state index contributed by atoms with van der Waals surface area (Å²) in [7, 11) is 0. The van der Waals surface area contributed by atoms with Gasteiger partial charge in [-0.25, -0.2) is 0 Å². The highest BCUT2D eigenvalue weighted by Gasteiger charge is 2.06. The van der Waals surface area contributed by atoms with Crippen molar-refractivity contribution in [1.29, 1.82) is 0 Å². The van der Waals surface area contributed by atoms with Gasteiger partial charge in [0.1, 0.15) is 12.4 Å². The quantitative estimate of drug-likeness (QED) is 0.751. The van der Waals surface area contributed by atoms with Gasteiger partial charge in [-0.2, -0.15) is 0 Å². The van der Waals surface area contributed by atoms with Gasteiger partial charge in [0.25, 0.3) is 0 Å². The Morgan fingerprint density at radius 3 is 2.42 bits per heavy atom. The minimum absolute atomic E-state index is 0.113. The second-order valence-electron chi connectivity index (χ2n) is 6.11. The fourth-order valence-electron chi connectivity index (χ4n) is 2.28. The van der Waals surface area contributed by atoms with E-state index in [4.69, 9.17) is 17.0 Å². The molecular formula is C20H26N2OS. The molecule has 0 bridgehead atoms. The first-order valence-corrected chi connectivity index (χ1v) is 8.75. The van der Waals surface area contributed by atoms with Crippen molar-refractivity contribution in [3.8, 4) is 5.75 Å². The van der Waals surface area contributed by atoms with Crippen molar-refractivity contribution < 1.29 is 4.74 Å². The van der Waals surface area contributed by atoms with Crippen LogP contribution in [0.4, 0.5) is 5.69 Å². The highest BCUT2D eigenvalue weighted by Crippen LogP contribution is 2.16. The SMILES string of the molecule is CCc1ccc(NC(=S)N[C@@H](C)COc2ccc(C)c(C)c2)cc1. The Balaban J connectivity index is 1.79. The number of anilines is 1. The molecule has 128 valence electrons. The summed E-state index contributed by atoms with van der Waals surface area (Å²) < 4.78 is 5.84. The molecule has 2 rings (SSSR count). The van der Waals surface area contributed by atoms with E-state index < -0.39 is 0 Å². The van der Waals surface area contributed by atoms with E-state index in [0.717, 1.165) is 17.9 Å². The number of hydrogen-bond acceptors (Lipinski definition) is 2. The Morgan fingerprint density at radius 2 is 1.79 bits per heavy atom. The molecule has 2 aromatic carbocycles. The molecule has 0 aromatic heterocycles. The maximum absolute atomic E-state index is 5.84. The molecule has 0 aliphatic heterocycles. The molecule has 2 N–H and O–H groups in total. The van der Waals surface area contributed by atoms with Crippen LogP contribution in [0.15, 0.2) is 42.5 Å². The fraction of sp³-hybridized carbons (Fsp3) is 0.350. The summed E-state index contributed by atoms with van der Waals surface area (Å²) in [4.78, 5) is 0. The van der Waals surface area contributed by atoms with Crippen LogP contribution in [-0.4, -0.2) is 17.8 Å². The maximum Gasteiger partial charge on any atom is 0.171 e. The Labute approximate surface area is 150 Å². The van der Waals surface area contributed by atoms with Crippen molar-refractivity contribution in [1.82, 2.24) is 5.32 Å². The zero-order valence-corrected chi connectivity index (χ0v) is 15.7. The van der Waals surface area contributed by atoms with Crippen LogP contribution in [-0.2, 0) is 6.42 Å². The number of rotatable bonds is 6. The third kappa shape index (κ3) is 5.53. The van der Waals surface area contributed by atoms with E-state index in [1.54, 1.807) is 0 Å². The number of thiocarbonyl (C=S) groups is 1. The van der Waals surface area contributed by atoms with Gasteiger partial charge in [0.15, 0.2) is 5.11 Å². The van der Waals surface area contributed by atoms with Crippen LogP contribution in [0.2, 0.25) is 0 Å². The Bertz CT molecular complexity index is 683. The lowest BCUT2D eigenvalue weighted by Crippen LogP contribution is -2.39. The van der Waals surface area contributed by atoms with Gasteiger partial charge in [-0.1, -0.05) is 25.1 Å². The first kappa shape index (κ1) is 18.3. The molecular weight excluding hydrogens is 316 g/mol. The molecule has 0 heterocycles. The van der Waals surface area contributed by atoms with E-state index in [9.17, 15) is 0 Å². The Kier molecular flexibility index (Phi) is 6.62. The third-order valence-electron chi connectivity index (χ3n) is 3.98. The smallest absolute Gasteiger partial charge is 0.171 e. The number of nitrogens with one attached hydrogen (secondary N) is 2. The number of aryl methyl sites for hydroxylation is 3. The third-order valence-corrected chi connectivity index (χ3v) is 4.20. The second kappa shape index (κ2) is 8.69. The van der Waals surface area contributed by atoms with Crippen molar-refractivity contribution in [2.45, 2.75) is 40.2 Å². The summed E-state index contributed by atoms with van der Waals surface area (Å²) in [6, 6.07) is 14.6. The molecule has 1 atom stereocenters. The largest absolute Gasteiger partial charge is 0.491 e. The average Bonchev–Trinajstić information content (AvgIpc) is 2.56. The summed E-state index contributed by atoms with van der Waals surface area (Å²) >= 11 is 5.36. The molecule has 0 aliphatic rings. The van der Waals surface area contributed by atoms with E-state index in [-0.39, 0.29) is 6.04 Å². The normalized spacial score (nSPS) is 11.7. The predicted octanol–water partition coefficient (Wildman–Crippen LogP) is 4.62. The van der Waals surface area contributed by atoms with Gasteiger partial charge in [-0.3, -0.25) is 0 Å². The van der Waals surface area contributed by atoms with Gasteiger partial charge in [0.2, 0.25) is 0 Å². The standard InChI is InChI=1S/C20H26N2OS/c1-5-17-7-9-18(10-8-17)22-20(24)21-16(4)13-23-19-11-6-14(2)15(3)12-19/h6-12,16H,5,13H2,1-4H3,(H2,21,22,24)/t16-/m0/s1.